The summed E-state index contributed by atoms with van der Waals surface area (Å²) in [6.07, 6.45) is 7.29. The Morgan fingerprint density at radius 1 is 1.24 bits per heavy atom. The fourth-order valence-electron chi connectivity index (χ4n) is 3.36. The monoisotopic (exact) mass is 312 g/mol. The molecule has 21 heavy (non-hydrogen) atoms. The number of hydrogen-bond acceptors (Lipinski definition) is 3. The third kappa shape index (κ3) is 4.90. The molecule has 1 unspecified atom stereocenters. The molecule has 1 N–H and O–H groups in total. The van der Waals surface area contributed by atoms with E-state index in [-0.39, 0.29) is 17.9 Å². The van der Waals surface area contributed by atoms with Crippen molar-refractivity contribution in [3.63, 3.8) is 0 Å². The zero-order valence-electron chi connectivity index (χ0n) is 13.1. The molecule has 0 aromatic rings. The van der Waals surface area contributed by atoms with Crippen LogP contribution in [0.2, 0.25) is 0 Å². The van der Waals surface area contributed by atoms with E-state index in [1.807, 2.05) is 16.7 Å². The van der Waals surface area contributed by atoms with E-state index in [1.54, 1.807) is 0 Å². The first-order valence-electron chi connectivity index (χ1n) is 8.38. The molecule has 1 aliphatic heterocycles. The fraction of sp³-hybridized carbons (Fsp3) is 0.875. The lowest BCUT2D eigenvalue weighted by Crippen LogP contribution is -2.49. The van der Waals surface area contributed by atoms with Crippen LogP contribution in [0.1, 0.15) is 51.9 Å². The van der Waals surface area contributed by atoms with E-state index < -0.39 is 0 Å². The highest BCUT2D eigenvalue weighted by Gasteiger charge is 2.35. The molecule has 1 saturated carbocycles. The largest absolute Gasteiger partial charge is 0.344 e. The molecule has 2 rings (SSSR count). The summed E-state index contributed by atoms with van der Waals surface area (Å²) >= 11 is 1.91. The summed E-state index contributed by atoms with van der Waals surface area (Å²) in [5.74, 6) is 2.77. The maximum absolute atomic E-state index is 12.8. The molecule has 0 spiro atoms. The Morgan fingerprint density at radius 3 is 2.71 bits per heavy atom. The topological polar surface area (TPSA) is 49.4 Å². The van der Waals surface area contributed by atoms with Gasteiger partial charge in [0, 0.05) is 19.5 Å². The lowest BCUT2D eigenvalue weighted by molar-refractivity contribution is -0.135. The summed E-state index contributed by atoms with van der Waals surface area (Å²) in [6, 6.07) is -0.265. The SMILES string of the molecule is CCSCCCN1CCC(=O)NC(C2CCCCC2)C1=O. The smallest absolute Gasteiger partial charge is 0.245 e. The maximum Gasteiger partial charge on any atom is 0.245 e. The van der Waals surface area contributed by atoms with Crippen molar-refractivity contribution >= 4 is 23.6 Å². The first-order valence-corrected chi connectivity index (χ1v) is 9.53. The number of nitrogens with zero attached hydrogens (tertiary/aromatic N) is 1. The van der Waals surface area contributed by atoms with Crippen LogP contribution in [0, 0.1) is 5.92 Å². The fourth-order valence-corrected chi connectivity index (χ4v) is 3.98. The minimum atomic E-state index is -0.265. The van der Waals surface area contributed by atoms with E-state index in [2.05, 4.69) is 12.2 Å². The van der Waals surface area contributed by atoms with E-state index in [0.29, 0.717) is 18.9 Å². The summed E-state index contributed by atoms with van der Waals surface area (Å²) in [4.78, 5) is 26.6. The third-order valence-electron chi connectivity index (χ3n) is 4.55. The summed E-state index contributed by atoms with van der Waals surface area (Å²) in [5, 5.41) is 2.99. The predicted molar refractivity (Wildman–Crippen MR) is 87.3 cm³/mol. The molecule has 2 fully saturated rings. The molecular weight excluding hydrogens is 284 g/mol. The number of nitrogens with one attached hydrogen (secondary N) is 1. The van der Waals surface area contributed by atoms with Crippen molar-refractivity contribution in [2.24, 2.45) is 5.92 Å². The van der Waals surface area contributed by atoms with Crippen LogP contribution in [0.25, 0.3) is 0 Å². The first-order chi connectivity index (χ1) is 10.2. The lowest BCUT2D eigenvalue weighted by atomic mass is 9.83. The van der Waals surface area contributed by atoms with Crippen LogP contribution >= 0.6 is 11.8 Å². The number of hydrogen-bond donors (Lipinski definition) is 1. The summed E-state index contributed by atoms with van der Waals surface area (Å²) < 4.78 is 0. The first kappa shape index (κ1) is 16.7. The molecule has 0 aromatic heterocycles. The van der Waals surface area contributed by atoms with Gasteiger partial charge in [0.05, 0.1) is 0 Å². The standard InChI is InChI=1S/C16H28N2O2S/c1-2-21-12-6-10-18-11-9-14(19)17-15(16(18)20)13-7-4-3-5-8-13/h13,15H,2-12H2,1H3,(H,17,19). The van der Waals surface area contributed by atoms with Crippen molar-refractivity contribution < 1.29 is 9.59 Å². The van der Waals surface area contributed by atoms with Crippen LogP contribution in [-0.4, -0.2) is 47.4 Å². The van der Waals surface area contributed by atoms with Gasteiger partial charge in [0.25, 0.3) is 0 Å². The molecule has 5 heteroatoms. The normalized spacial score (nSPS) is 24.8. The van der Waals surface area contributed by atoms with Crippen molar-refractivity contribution in [1.29, 1.82) is 0 Å². The quantitative estimate of drug-likeness (QED) is 0.766. The van der Waals surface area contributed by atoms with Crippen molar-refractivity contribution in [3.8, 4) is 0 Å². The van der Waals surface area contributed by atoms with Crippen LogP contribution in [0.4, 0.5) is 0 Å². The number of amides is 2. The van der Waals surface area contributed by atoms with Crippen LogP contribution < -0.4 is 5.32 Å². The number of rotatable bonds is 6. The Labute approximate surface area is 132 Å². The average molecular weight is 312 g/mol. The van der Waals surface area contributed by atoms with Gasteiger partial charge in [-0.25, -0.2) is 0 Å². The second kappa shape index (κ2) is 8.66. The molecule has 0 bridgehead atoms. The van der Waals surface area contributed by atoms with E-state index in [4.69, 9.17) is 0 Å². The highest BCUT2D eigenvalue weighted by Crippen LogP contribution is 2.28. The molecule has 0 radical (unpaired) electrons. The minimum absolute atomic E-state index is 0.0457. The molecular formula is C16H28N2O2S. The molecule has 120 valence electrons. The third-order valence-corrected chi connectivity index (χ3v) is 5.53. The summed E-state index contributed by atoms with van der Waals surface area (Å²) in [7, 11) is 0. The van der Waals surface area contributed by atoms with Gasteiger partial charge in [-0.15, -0.1) is 0 Å². The van der Waals surface area contributed by atoms with Gasteiger partial charge in [0.2, 0.25) is 11.8 Å². The highest BCUT2D eigenvalue weighted by atomic mass is 32.2. The molecule has 2 amide bonds. The van der Waals surface area contributed by atoms with Crippen molar-refractivity contribution in [3.05, 3.63) is 0 Å². The Balaban J connectivity index is 1.94. The second-order valence-electron chi connectivity index (χ2n) is 6.07. The van der Waals surface area contributed by atoms with E-state index in [1.165, 1.54) is 19.3 Å². The molecule has 2 aliphatic rings. The lowest BCUT2D eigenvalue weighted by Gasteiger charge is -2.31. The molecule has 1 atom stereocenters. The zero-order chi connectivity index (χ0) is 15.1. The second-order valence-corrected chi connectivity index (χ2v) is 7.46. The molecule has 0 aromatic carbocycles. The van der Waals surface area contributed by atoms with Gasteiger partial charge in [-0.05, 0) is 36.7 Å². The molecule has 1 heterocycles. The maximum atomic E-state index is 12.8. The average Bonchev–Trinajstić information content (AvgIpc) is 2.65. The van der Waals surface area contributed by atoms with Gasteiger partial charge in [-0.2, -0.15) is 11.8 Å². The van der Waals surface area contributed by atoms with Crippen molar-refractivity contribution in [1.82, 2.24) is 10.2 Å². The summed E-state index contributed by atoms with van der Waals surface area (Å²) in [5.41, 5.74) is 0. The van der Waals surface area contributed by atoms with E-state index in [0.717, 1.165) is 37.3 Å². The van der Waals surface area contributed by atoms with Crippen molar-refractivity contribution in [2.45, 2.75) is 57.9 Å². The Morgan fingerprint density at radius 2 is 2.00 bits per heavy atom. The Hall–Kier alpha value is -0.710. The molecule has 1 saturated heterocycles. The number of carbonyl (C=O) groups excluding carboxylic acids is 2. The van der Waals surface area contributed by atoms with Gasteiger partial charge in [-0.1, -0.05) is 26.2 Å². The van der Waals surface area contributed by atoms with E-state index in [9.17, 15) is 9.59 Å². The van der Waals surface area contributed by atoms with Crippen molar-refractivity contribution in [2.75, 3.05) is 24.6 Å². The van der Waals surface area contributed by atoms with Crippen LogP contribution in [0.3, 0.4) is 0 Å². The Bertz CT molecular complexity index is 356. The van der Waals surface area contributed by atoms with E-state index >= 15 is 0 Å². The van der Waals surface area contributed by atoms with Gasteiger partial charge >= 0.3 is 0 Å². The molecule has 1 aliphatic carbocycles. The minimum Gasteiger partial charge on any atom is -0.344 e. The molecule has 4 nitrogen and oxygen atoms in total. The Kier molecular flexibility index (Phi) is 6.87. The number of carbonyl (C=O) groups is 2. The van der Waals surface area contributed by atoms with Gasteiger partial charge in [0.1, 0.15) is 6.04 Å². The van der Waals surface area contributed by atoms with Gasteiger partial charge in [-0.3, -0.25) is 9.59 Å². The van der Waals surface area contributed by atoms with Gasteiger partial charge < -0.3 is 10.2 Å². The van der Waals surface area contributed by atoms with Crippen LogP contribution in [0.5, 0.6) is 0 Å². The summed E-state index contributed by atoms with van der Waals surface area (Å²) in [6.45, 7) is 3.54. The predicted octanol–water partition coefficient (Wildman–Crippen LogP) is 2.43. The van der Waals surface area contributed by atoms with Crippen LogP contribution in [-0.2, 0) is 9.59 Å². The van der Waals surface area contributed by atoms with Gasteiger partial charge in [0.15, 0.2) is 0 Å². The van der Waals surface area contributed by atoms with Crippen LogP contribution in [0.15, 0.2) is 0 Å². The number of thioether (sulfide) groups is 1. The highest BCUT2D eigenvalue weighted by molar-refractivity contribution is 7.99. The zero-order valence-corrected chi connectivity index (χ0v) is 13.9.